The molecular formula is C17H14FN3O3. The Hall–Kier alpha value is -3.06. The molecule has 7 heteroatoms. The number of nitrogens with zero attached hydrogens (tertiary/aromatic N) is 2. The highest BCUT2D eigenvalue weighted by atomic mass is 19.1. The molecule has 0 saturated carbocycles. The van der Waals surface area contributed by atoms with Gasteiger partial charge in [-0.05, 0) is 24.3 Å². The number of carbonyl (C=O) groups excluding carboxylic acids is 1. The van der Waals surface area contributed by atoms with Gasteiger partial charge in [-0.1, -0.05) is 0 Å². The number of aromatic nitrogens is 2. The van der Waals surface area contributed by atoms with Crippen molar-refractivity contribution < 1.29 is 19.0 Å². The van der Waals surface area contributed by atoms with Gasteiger partial charge in [0.1, 0.15) is 23.9 Å². The van der Waals surface area contributed by atoms with Gasteiger partial charge < -0.3 is 15.6 Å². The Morgan fingerprint density at radius 2 is 2.04 bits per heavy atom. The third-order valence-electron chi connectivity index (χ3n) is 3.44. The van der Waals surface area contributed by atoms with Gasteiger partial charge in [-0.25, -0.2) is 9.37 Å². The maximum Gasteiger partial charge on any atom is 0.267 e. The van der Waals surface area contributed by atoms with Crippen molar-refractivity contribution in [3.05, 3.63) is 54.2 Å². The largest absolute Gasteiger partial charge is 0.491 e. The van der Waals surface area contributed by atoms with E-state index in [2.05, 4.69) is 9.97 Å². The van der Waals surface area contributed by atoms with E-state index in [0.29, 0.717) is 22.2 Å². The highest BCUT2D eigenvalue weighted by molar-refractivity contribution is 5.97. The first-order valence-corrected chi connectivity index (χ1v) is 7.18. The summed E-state index contributed by atoms with van der Waals surface area (Å²) in [5, 5.41) is 9.41. The van der Waals surface area contributed by atoms with E-state index < -0.39 is 11.7 Å². The average molecular weight is 327 g/mol. The fraction of sp³-hybridized carbons (Fsp3) is 0.118. The fourth-order valence-corrected chi connectivity index (χ4v) is 2.34. The molecule has 24 heavy (non-hydrogen) atoms. The van der Waals surface area contributed by atoms with E-state index >= 15 is 0 Å². The van der Waals surface area contributed by atoms with Crippen molar-refractivity contribution in [3.63, 3.8) is 0 Å². The number of ether oxygens (including phenoxy) is 1. The molecule has 1 aromatic carbocycles. The first kappa shape index (κ1) is 15.8. The summed E-state index contributed by atoms with van der Waals surface area (Å²) in [4.78, 5) is 19.6. The minimum atomic E-state index is -0.659. The van der Waals surface area contributed by atoms with Crippen molar-refractivity contribution in [2.75, 3.05) is 13.2 Å². The number of aliphatic hydroxyl groups excluding tert-OH is 1. The number of amides is 1. The SMILES string of the molecule is NC(=O)c1ccc2cncc(-c3ccc(OCCO)cc3F)c2n1. The molecule has 2 heterocycles. The van der Waals surface area contributed by atoms with Crippen LogP contribution in [-0.2, 0) is 0 Å². The van der Waals surface area contributed by atoms with Crippen LogP contribution in [0.5, 0.6) is 5.75 Å². The number of hydrogen-bond donors (Lipinski definition) is 2. The van der Waals surface area contributed by atoms with Crippen LogP contribution in [0.1, 0.15) is 10.5 Å². The van der Waals surface area contributed by atoms with Gasteiger partial charge in [0.2, 0.25) is 0 Å². The first-order valence-electron chi connectivity index (χ1n) is 7.18. The molecule has 3 rings (SSSR count). The standard InChI is InChI=1S/C17H14FN3O3/c18-14-7-11(24-6-5-22)2-3-12(14)13-9-20-8-10-1-4-15(17(19)23)21-16(10)13/h1-4,7-9,22H,5-6H2,(H2,19,23). The zero-order chi connectivity index (χ0) is 17.1. The topological polar surface area (TPSA) is 98.3 Å². The minimum absolute atomic E-state index is 0.0815. The van der Waals surface area contributed by atoms with Gasteiger partial charge in [0.15, 0.2) is 0 Å². The van der Waals surface area contributed by atoms with E-state index in [9.17, 15) is 9.18 Å². The third-order valence-corrected chi connectivity index (χ3v) is 3.44. The molecule has 3 aromatic rings. The average Bonchev–Trinajstić information content (AvgIpc) is 2.59. The van der Waals surface area contributed by atoms with Crippen molar-refractivity contribution in [2.24, 2.45) is 5.73 Å². The van der Waals surface area contributed by atoms with Crippen molar-refractivity contribution in [2.45, 2.75) is 0 Å². The highest BCUT2D eigenvalue weighted by Crippen LogP contribution is 2.30. The third kappa shape index (κ3) is 3.02. The van der Waals surface area contributed by atoms with Crippen molar-refractivity contribution in [1.82, 2.24) is 9.97 Å². The Morgan fingerprint density at radius 3 is 2.75 bits per heavy atom. The lowest BCUT2D eigenvalue weighted by atomic mass is 10.0. The number of halogens is 1. The quantitative estimate of drug-likeness (QED) is 0.746. The molecular weight excluding hydrogens is 313 g/mol. The van der Waals surface area contributed by atoms with Crippen molar-refractivity contribution in [3.8, 4) is 16.9 Å². The Morgan fingerprint density at radius 1 is 1.21 bits per heavy atom. The molecule has 0 aliphatic heterocycles. The Kier molecular flexibility index (Phi) is 4.35. The summed E-state index contributed by atoms with van der Waals surface area (Å²) in [5.41, 5.74) is 6.51. The number of rotatable bonds is 5. The predicted octanol–water partition coefficient (Wildman–Crippen LogP) is 1.91. The fourth-order valence-electron chi connectivity index (χ4n) is 2.34. The summed E-state index contributed by atoms with van der Waals surface area (Å²) >= 11 is 0. The molecule has 0 bridgehead atoms. The molecule has 0 atom stereocenters. The summed E-state index contributed by atoms with van der Waals surface area (Å²) < 4.78 is 19.6. The zero-order valence-corrected chi connectivity index (χ0v) is 12.6. The van der Waals surface area contributed by atoms with Gasteiger partial charge in [-0.3, -0.25) is 9.78 Å². The maximum absolute atomic E-state index is 14.5. The molecule has 0 radical (unpaired) electrons. The first-order chi connectivity index (χ1) is 11.6. The van der Waals surface area contributed by atoms with E-state index in [-0.39, 0.29) is 24.5 Å². The highest BCUT2D eigenvalue weighted by Gasteiger charge is 2.13. The van der Waals surface area contributed by atoms with Crippen LogP contribution < -0.4 is 10.5 Å². The molecule has 0 saturated heterocycles. The lowest BCUT2D eigenvalue weighted by Gasteiger charge is -2.10. The minimum Gasteiger partial charge on any atom is -0.491 e. The van der Waals surface area contributed by atoms with Gasteiger partial charge in [-0.2, -0.15) is 0 Å². The second-order valence-corrected chi connectivity index (χ2v) is 5.03. The van der Waals surface area contributed by atoms with Crippen LogP contribution in [0.25, 0.3) is 22.0 Å². The predicted molar refractivity (Wildman–Crippen MR) is 86.0 cm³/mol. The lowest BCUT2D eigenvalue weighted by Crippen LogP contribution is -2.12. The maximum atomic E-state index is 14.5. The summed E-state index contributed by atoms with van der Waals surface area (Å²) in [5.74, 6) is -0.872. The number of primary amides is 1. The number of benzene rings is 1. The summed E-state index contributed by atoms with van der Waals surface area (Å²) in [7, 11) is 0. The van der Waals surface area contributed by atoms with E-state index in [1.807, 2.05) is 0 Å². The number of fused-ring (bicyclic) bond motifs is 1. The van der Waals surface area contributed by atoms with Crippen molar-refractivity contribution in [1.29, 1.82) is 0 Å². The van der Waals surface area contributed by atoms with Crippen LogP contribution >= 0.6 is 0 Å². The van der Waals surface area contributed by atoms with Gasteiger partial charge >= 0.3 is 0 Å². The lowest BCUT2D eigenvalue weighted by molar-refractivity contribution is 0.0996. The molecule has 0 spiro atoms. The summed E-state index contributed by atoms with van der Waals surface area (Å²) in [6, 6.07) is 7.51. The molecule has 6 nitrogen and oxygen atoms in total. The normalized spacial score (nSPS) is 10.8. The summed E-state index contributed by atoms with van der Waals surface area (Å²) in [6.07, 6.45) is 3.06. The van der Waals surface area contributed by atoms with Gasteiger partial charge in [0, 0.05) is 35.0 Å². The summed E-state index contributed by atoms with van der Waals surface area (Å²) in [6.45, 7) is -0.0748. The number of nitrogens with two attached hydrogens (primary N) is 1. The number of pyridine rings is 2. The van der Waals surface area contributed by atoms with E-state index in [1.165, 1.54) is 24.4 Å². The van der Waals surface area contributed by atoms with E-state index in [4.69, 9.17) is 15.6 Å². The molecule has 122 valence electrons. The Balaban J connectivity index is 2.11. The number of carbonyl (C=O) groups is 1. The molecule has 2 aromatic heterocycles. The van der Waals surface area contributed by atoms with Gasteiger partial charge in [-0.15, -0.1) is 0 Å². The smallest absolute Gasteiger partial charge is 0.267 e. The molecule has 3 N–H and O–H groups in total. The molecule has 0 unspecified atom stereocenters. The second-order valence-electron chi connectivity index (χ2n) is 5.03. The van der Waals surface area contributed by atoms with Crippen LogP contribution in [0.2, 0.25) is 0 Å². The van der Waals surface area contributed by atoms with Crippen LogP contribution in [0.4, 0.5) is 4.39 Å². The molecule has 1 amide bonds. The van der Waals surface area contributed by atoms with Crippen LogP contribution in [0.3, 0.4) is 0 Å². The Bertz CT molecular complexity index is 915. The Labute approximate surface area is 136 Å². The monoisotopic (exact) mass is 327 g/mol. The number of aliphatic hydroxyl groups is 1. The number of hydrogen-bond acceptors (Lipinski definition) is 5. The van der Waals surface area contributed by atoms with Crippen molar-refractivity contribution >= 4 is 16.8 Å². The molecule has 0 aliphatic rings. The van der Waals surface area contributed by atoms with E-state index in [1.54, 1.807) is 18.3 Å². The molecule has 0 fully saturated rings. The van der Waals surface area contributed by atoms with Gasteiger partial charge in [0.05, 0.1) is 12.1 Å². The van der Waals surface area contributed by atoms with E-state index in [0.717, 1.165) is 0 Å². The van der Waals surface area contributed by atoms with Gasteiger partial charge in [0.25, 0.3) is 5.91 Å². The zero-order valence-electron chi connectivity index (χ0n) is 12.6. The second kappa shape index (κ2) is 6.59. The van der Waals surface area contributed by atoms with Crippen LogP contribution in [-0.4, -0.2) is 34.2 Å². The van der Waals surface area contributed by atoms with Crippen LogP contribution in [0.15, 0.2) is 42.7 Å². The van der Waals surface area contributed by atoms with Crippen LogP contribution in [0, 0.1) is 5.82 Å². The molecule has 0 aliphatic carbocycles.